The molecule has 0 saturated carbocycles. The molecule has 0 aliphatic heterocycles. The summed E-state index contributed by atoms with van der Waals surface area (Å²) in [6.07, 6.45) is 0.622. The van der Waals surface area contributed by atoms with Crippen LogP contribution >= 0.6 is 0 Å². The zero-order chi connectivity index (χ0) is 17.3. The molecule has 1 unspecified atom stereocenters. The molecule has 0 radical (unpaired) electrons. The molecule has 1 rings (SSSR count). The van der Waals surface area contributed by atoms with Crippen molar-refractivity contribution in [2.45, 2.75) is 54.9 Å². The second-order valence-electron chi connectivity index (χ2n) is 8.33. The Kier molecular flexibility index (Phi) is 4.85. The molecule has 0 spiro atoms. The Labute approximate surface area is 133 Å². The van der Waals surface area contributed by atoms with Gasteiger partial charge in [-0.2, -0.15) is 0 Å². The molecule has 0 amide bonds. The number of para-hydroxylation sites is 1. The lowest BCUT2D eigenvalue weighted by molar-refractivity contribution is -0.154. The van der Waals surface area contributed by atoms with Crippen LogP contribution in [0, 0.1) is 16.2 Å². The SMILES string of the molecule is CC(C)(C)CC(C)(C(=O)Oc1c(O)cccc1O)C(C)(C)C. The van der Waals surface area contributed by atoms with Gasteiger partial charge >= 0.3 is 5.97 Å². The first-order valence-electron chi connectivity index (χ1n) is 7.51. The van der Waals surface area contributed by atoms with Gasteiger partial charge < -0.3 is 14.9 Å². The van der Waals surface area contributed by atoms with Crippen LogP contribution in [0.4, 0.5) is 0 Å². The Bertz CT molecular complexity index is 529. The summed E-state index contributed by atoms with van der Waals surface area (Å²) < 4.78 is 5.37. The second-order valence-corrected chi connectivity index (χ2v) is 8.33. The number of carbonyl (C=O) groups is 1. The fourth-order valence-electron chi connectivity index (χ4n) is 2.53. The average molecular weight is 308 g/mol. The minimum Gasteiger partial charge on any atom is -0.504 e. The van der Waals surface area contributed by atoms with Gasteiger partial charge in [-0.15, -0.1) is 0 Å². The van der Waals surface area contributed by atoms with Crippen LogP contribution in [0.3, 0.4) is 0 Å². The monoisotopic (exact) mass is 308 g/mol. The number of esters is 1. The van der Waals surface area contributed by atoms with Crippen molar-refractivity contribution in [3.8, 4) is 17.2 Å². The van der Waals surface area contributed by atoms with E-state index in [1.54, 1.807) is 0 Å². The van der Waals surface area contributed by atoms with Crippen molar-refractivity contribution in [3.05, 3.63) is 18.2 Å². The van der Waals surface area contributed by atoms with Gasteiger partial charge in [-0.05, 0) is 36.3 Å². The molecular weight excluding hydrogens is 280 g/mol. The molecule has 4 nitrogen and oxygen atoms in total. The van der Waals surface area contributed by atoms with Crippen LogP contribution in [0.15, 0.2) is 18.2 Å². The Balaban J connectivity index is 3.19. The minimum atomic E-state index is -0.764. The van der Waals surface area contributed by atoms with Gasteiger partial charge in [0.15, 0.2) is 11.5 Å². The Hall–Kier alpha value is -1.71. The van der Waals surface area contributed by atoms with E-state index in [-0.39, 0.29) is 28.1 Å². The van der Waals surface area contributed by atoms with Gasteiger partial charge in [0.25, 0.3) is 0 Å². The molecule has 124 valence electrons. The van der Waals surface area contributed by atoms with Gasteiger partial charge in [0.2, 0.25) is 5.75 Å². The summed E-state index contributed by atoms with van der Waals surface area (Å²) in [7, 11) is 0. The van der Waals surface area contributed by atoms with E-state index in [1.165, 1.54) is 18.2 Å². The van der Waals surface area contributed by atoms with Crippen molar-refractivity contribution in [1.29, 1.82) is 0 Å². The third kappa shape index (κ3) is 3.93. The summed E-state index contributed by atoms with van der Waals surface area (Å²) in [5.74, 6) is -1.13. The first-order chi connectivity index (χ1) is 9.78. The standard InChI is InChI=1S/C18H28O4/c1-16(2,3)11-18(7,17(4,5)6)15(21)22-14-12(19)9-8-10-13(14)20/h8-10,19-20H,11H2,1-7H3. The molecule has 1 aromatic carbocycles. The number of phenolic OH excluding ortho intramolecular Hbond substituents is 2. The van der Waals surface area contributed by atoms with Crippen LogP contribution in [0.5, 0.6) is 17.2 Å². The van der Waals surface area contributed by atoms with E-state index in [1.807, 2.05) is 27.7 Å². The molecule has 4 heteroatoms. The average Bonchev–Trinajstić information content (AvgIpc) is 2.30. The summed E-state index contributed by atoms with van der Waals surface area (Å²) in [5.41, 5.74) is -1.17. The van der Waals surface area contributed by atoms with E-state index in [2.05, 4.69) is 20.8 Å². The molecule has 2 N–H and O–H groups in total. The van der Waals surface area contributed by atoms with Crippen LogP contribution in [-0.2, 0) is 4.79 Å². The van der Waals surface area contributed by atoms with E-state index in [0.717, 1.165) is 0 Å². The lowest BCUT2D eigenvalue weighted by atomic mass is 9.61. The summed E-state index contributed by atoms with van der Waals surface area (Å²) in [6.45, 7) is 14.1. The first kappa shape index (κ1) is 18.3. The number of hydrogen-bond donors (Lipinski definition) is 2. The Morgan fingerprint density at radius 2 is 1.45 bits per heavy atom. The molecule has 0 aliphatic rings. The maximum Gasteiger partial charge on any atom is 0.318 e. The van der Waals surface area contributed by atoms with Crippen molar-refractivity contribution in [1.82, 2.24) is 0 Å². The molecule has 0 fully saturated rings. The molecule has 0 aliphatic carbocycles. The molecule has 1 aromatic rings. The topological polar surface area (TPSA) is 66.8 Å². The fourth-order valence-corrected chi connectivity index (χ4v) is 2.53. The number of rotatable bonds is 3. The molecular formula is C18H28O4. The zero-order valence-corrected chi connectivity index (χ0v) is 14.7. The number of aromatic hydroxyl groups is 2. The highest BCUT2D eigenvalue weighted by Gasteiger charge is 2.48. The van der Waals surface area contributed by atoms with Gasteiger partial charge in [0, 0.05) is 0 Å². The van der Waals surface area contributed by atoms with Gasteiger partial charge in [-0.25, -0.2) is 0 Å². The number of benzene rings is 1. The van der Waals surface area contributed by atoms with E-state index in [4.69, 9.17) is 4.74 Å². The molecule has 0 heterocycles. The van der Waals surface area contributed by atoms with Crippen LogP contribution in [0.1, 0.15) is 54.9 Å². The molecule has 0 aromatic heterocycles. The second kappa shape index (κ2) is 5.82. The normalized spacial score (nSPS) is 15.2. The summed E-state index contributed by atoms with van der Waals surface area (Å²) in [6, 6.07) is 4.24. The maximum absolute atomic E-state index is 12.8. The lowest BCUT2D eigenvalue weighted by Crippen LogP contribution is -2.45. The molecule has 1 atom stereocenters. The van der Waals surface area contributed by atoms with Crippen molar-refractivity contribution < 1.29 is 19.7 Å². The van der Waals surface area contributed by atoms with E-state index < -0.39 is 11.4 Å². The van der Waals surface area contributed by atoms with Crippen LogP contribution in [-0.4, -0.2) is 16.2 Å². The third-order valence-electron chi connectivity index (χ3n) is 4.16. The Morgan fingerprint density at radius 3 is 1.82 bits per heavy atom. The van der Waals surface area contributed by atoms with Gasteiger partial charge in [-0.3, -0.25) is 4.79 Å². The van der Waals surface area contributed by atoms with Gasteiger partial charge in [-0.1, -0.05) is 47.6 Å². The maximum atomic E-state index is 12.8. The van der Waals surface area contributed by atoms with E-state index >= 15 is 0 Å². The fraction of sp³-hybridized carbons (Fsp3) is 0.611. The smallest absolute Gasteiger partial charge is 0.318 e. The first-order valence-corrected chi connectivity index (χ1v) is 7.51. The zero-order valence-electron chi connectivity index (χ0n) is 14.7. The number of ether oxygens (including phenoxy) is 1. The largest absolute Gasteiger partial charge is 0.504 e. The quantitative estimate of drug-likeness (QED) is 0.637. The summed E-state index contributed by atoms with van der Waals surface area (Å²) in [4.78, 5) is 12.8. The highest BCUT2D eigenvalue weighted by Crippen LogP contribution is 2.48. The molecule has 0 saturated heterocycles. The van der Waals surface area contributed by atoms with Crippen molar-refractivity contribution in [2.75, 3.05) is 0 Å². The van der Waals surface area contributed by atoms with Gasteiger partial charge in [0.05, 0.1) is 5.41 Å². The predicted molar refractivity (Wildman–Crippen MR) is 87.0 cm³/mol. The van der Waals surface area contributed by atoms with Crippen LogP contribution in [0.25, 0.3) is 0 Å². The highest BCUT2D eigenvalue weighted by atomic mass is 16.5. The van der Waals surface area contributed by atoms with Crippen LogP contribution < -0.4 is 4.74 Å². The molecule has 0 bridgehead atoms. The number of carbonyl (C=O) groups excluding carboxylic acids is 1. The van der Waals surface area contributed by atoms with Crippen molar-refractivity contribution >= 4 is 5.97 Å². The number of phenols is 2. The summed E-state index contributed by atoms with van der Waals surface area (Å²) >= 11 is 0. The lowest BCUT2D eigenvalue weighted by Gasteiger charge is -2.43. The molecule has 22 heavy (non-hydrogen) atoms. The Morgan fingerprint density at radius 1 is 1.00 bits per heavy atom. The third-order valence-corrected chi connectivity index (χ3v) is 4.16. The highest BCUT2D eigenvalue weighted by molar-refractivity contribution is 5.81. The van der Waals surface area contributed by atoms with Crippen molar-refractivity contribution in [2.24, 2.45) is 16.2 Å². The van der Waals surface area contributed by atoms with Crippen LogP contribution in [0.2, 0.25) is 0 Å². The minimum absolute atomic E-state index is 0.0676. The predicted octanol–water partition coefficient (Wildman–Crippen LogP) is 4.49. The van der Waals surface area contributed by atoms with E-state index in [9.17, 15) is 15.0 Å². The summed E-state index contributed by atoms with van der Waals surface area (Å²) in [5, 5.41) is 19.6. The van der Waals surface area contributed by atoms with Crippen molar-refractivity contribution in [3.63, 3.8) is 0 Å². The van der Waals surface area contributed by atoms with E-state index in [0.29, 0.717) is 6.42 Å². The van der Waals surface area contributed by atoms with Gasteiger partial charge in [0.1, 0.15) is 0 Å². The number of hydrogen-bond acceptors (Lipinski definition) is 4.